The van der Waals surface area contributed by atoms with Crippen LogP contribution in [0.25, 0.3) is 0 Å². The molecule has 0 aromatic carbocycles. The average molecular weight is 268 g/mol. The predicted molar refractivity (Wildman–Crippen MR) is 50.4 cm³/mol. The van der Waals surface area contributed by atoms with Crippen LogP contribution >= 0.6 is 0 Å². The van der Waals surface area contributed by atoms with Gasteiger partial charge in [0.1, 0.15) is 6.08 Å². The Hall–Kier alpha value is -1.88. The Morgan fingerprint density at radius 1 is 1.41 bits per heavy atom. The molecule has 9 nitrogen and oxygen atoms in total. The maximum absolute atomic E-state index is 13.8. The zero-order valence-electron chi connectivity index (χ0n) is 7.89. The Kier molecular flexibility index (Phi) is 2.99. The number of hydrogen-bond acceptors (Lipinski definition) is 6. The summed E-state index contributed by atoms with van der Waals surface area (Å²) in [5.74, 6) is -3.77. The van der Waals surface area contributed by atoms with Crippen molar-refractivity contribution < 1.29 is 27.2 Å². The zero-order chi connectivity index (χ0) is 13.4. The number of nitro groups is 2. The van der Waals surface area contributed by atoms with Crippen LogP contribution in [0.15, 0.2) is 23.9 Å². The molecule has 0 saturated heterocycles. The number of allylic oxidation sites excluding steroid dienone is 1. The molecule has 0 saturated carbocycles. The lowest BCUT2D eigenvalue weighted by atomic mass is 10.0. The van der Waals surface area contributed by atoms with Crippen molar-refractivity contribution in [2.24, 2.45) is 0 Å². The molecule has 0 amide bonds. The van der Waals surface area contributed by atoms with Crippen LogP contribution in [-0.2, 0) is 10.1 Å². The second kappa shape index (κ2) is 3.85. The Balaban J connectivity index is 3.39. The molecule has 0 bridgehead atoms. The zero-order valence-corrected chi connectivity index (χ0v) is 8.70. The van der Waals surface area contributed by atoms with Gasteiger partial charge >= 0.3 is 5.79 Å². The number of alkyl halides is 1. The highest BCUT2D eigenvalue weighted by atomic mass is 32.2. The molecule has 1 rings (SSSR count). The summed E-state index contributed by atoms with van der Waals surface area (Å²) >= 11 is 0. The minimum Gasteiger partial charge on any atom is -0.285 e. The lowest BCUT2D eigenvalue weighted by Gasteiger charge is -2.20. The first-order chi connectivity index (χ1) is 7.59. The standard InChI is InChI=1S/C6H5FN2O7S/c7-6(9(12)13)3-4(8(10)11)1-2-5(6)17(14,15)16/h1-3,5H,(H,14,15,16). The monoisotopic (exact) mass is 268 g/mol. The first-order valence-corrected chi connectivity index (χ1v) is 5.44. The third-order valence-electron chi connectivity index (χ3n) is 2.00. The lowest BCUT2D eigenvalue weighted by molar-refractivity contribution is -0.589. The molecule has 17 heavy (non-hydrogen) atoms. The Labute approximate surface area is 93.3 Å². The number of nitrogens with zero attached hydrogens (tertiary/aromatic N) is 2. The predicted octanol–water partition coefficient (Wildman–Crippen LogP) is -0.0843. The normalized spacial score (nSPS) is 28.6. The van der Waals surface area contributed by atoms with E-state index in [1.165, 1.54) is 0 Å². The molecular weight excluding hydrogens is 263 g/mol. The summed E-state index contributed by atoms with van der Waals surface area (Å²) < 4.78 is 43.9. The van der Waals surface area contributed by atoms with E-state index in [0.29, 0.717) is 12.2 Å². The van der Waals surface area contributed by atoms with Gasteiger partial charge in [0.2, 0.25) is 5.25 Å². The summed E-state index contributed by atoms with van der Waals surface area (Å²) in [6.07, 6.45) is 0.863. The summed E-state index contributed by atoms with van der Waals surface area (Å²) in [7, 11) is -5.10. The highest BCUT2D eigenvalue weighted by Crippen LogP contribution is 2.31. The molecular formula is C6H5FN2O7S. The molecule has 2 atom stereocenters. The van der Waals surface area contributed by atoms with Gasteiger partial charge in [-0.15, -0.1) is 0 Å². The fourth-order valence-corrected chi connectivity index (χ4v) is 2.09. The summed E-state index contributed by atoms with van der Waals surface area (Å²) in [4.78, 5) is 18.0. The van der Waals surface area contributed by atoms with Crippen LogP contribution in [0.2, 0.25) is 0 Å². The Morgan fingerprint density at radius 2 is 1.94 bits per heavy atom. The van der Waals surface area contributed by atoms with Gasteiger partial charge in [0.15, 0.2) is 0 Å². The summed E-state index contributed by atoms with van der Waals surface area (Å²) in [5.41, 5.74) is -0.968. The molecule has 0 fully saturated rings. The van der Waals surface area contributed by atoms with Gasteiger partial charge in [0.25, 0.3) is 15.8 Å². The maximum atomic E-state index is 13.8. The lowest BCUT2D eigenvalue weighted by Crippen LogP contribution is -2.48. The van der Waals surface area contributed by atoms with Gasteiger partial charge in [-0.2, -0.15) is 12.8 Å². The van der Waals surface area contributed by atoms with Gasteiger partial charge in [0, 0.05) is 6.08 Å². The first kappa shape index (κ1) is 13.2. The van der Waals surface area contributed by atoms with E-state index < -0.39 is 36.7 Å². The van der Waals surface area contributed by atoms with E-state index >= 15 is 0 Å². The van der Waals surface area contributed by atoms with E-state index in [2.05, 4.69) is 0 Å². The molecule has 0 aromatic rings. The van der Waals surface area contributed by atoms with E-state index in [1.807, 2.05) is 0 Å². The molecule has 1 N–H and O–H groups in total. The van der Waals surface area contributed by atoms with Gasteiger partial charge in [-0.25, -0.2) is 0 Å². The highest BCUT2D eigenvalue weighted by Gasteiger charge is 2.58. The molecule has 0 aliphatic heterocycles. The quantitative estimate of drug-likeness (QED) is 0.326. The van der Waals surface area contributed by atoms with E-state index in [4.69, 9.17) is 4.55 Å². The molecule has 0 radical (unpaired) electrons. The van der Waals surface area contributed by atoms with Crippen LogP contribution in [0, 0.1) is 20.2 Å². The molecule has 1 aliphatic rings. The molecule has 2 unspecified atom stereocenters. The average Bonchev–Trinajstić information content (AvgIpc) is 2.15. The highest BCUT2D eigenvalue weighted by molar-refractivity contribution is 7.86. The SMILES string of the molecule is O=[N+]([O-])C1=CC(F)([N+](=O)[O-])C(S(=O)(=O)O)C=C1. The van der Waals surface area contributed by atoms with E-state index in [9.17, 15) is 33.0 Å². The van der Waals surface area contributed by atoms with Crippen LogP contribution in [0.5, 0.6) is 0 Å². The minimum absolute atomic E-state index is 0.0641. The minimum atomic E-state index is -5.10. The van der Waals surface area contributed by atoms with Crippen LogP contribution in [0.4, 0.5) is 4.39 Å². The number of hydrogen-bond donors (Lipinski definition) is 1. The van der Waals surface area contributed by atoms with Gasteiger partial charge in [-0.05, 0) is 6.08 Å². The molecule has 11 heteroatoms. The van der Waals surface area contributed by atoms with Crippen molar-refractivity contribution in [3.05, 3.63) is 44.2 Å². The molecule has 0 heterocycles. The van der Waals surface area contributed by atoms with Crippen LogP contribution in [-0.4, -0.2) is 33.9 Å². The summed E-state index contributed by atoms with van der Waals surface area (Å²) in [6.45, 7) is 0. The molecule has 1 aliphatic carbocycles. The summed E-state index contributed by atoms with van der Waals surface area (Å²) in [6, 6.07) is 0. The van der Waals surface area contributed by atoms with Gasteiger partial charge in [-0.3, -0.25) is 24.8 Å². The third-order valence-corrected chi connectivity index (χ3v) is 3.13. The number of halogens is 1. The molecule has 94 valence electrons. The van der Waals surface area contributed by atoms with E-state index in [0.717, 1.165) is 0 Å². The van der Waals surface area contributed by atoms with Crippen LogP contribution in [0.3, 0.4) is 0 Å². The maximum Gasteiger partial charge on any atom is 0.407 e. The van der Waals surface area contributed by atoms with Crippen LogP contribution in [0.1, 0.15) is 0 Å². The van der Waals surface area contributed by atoms with Gasteiger partial charge in [0.05, 0.1) is 9.85 Å². The van der Waals surface area contributed by atoms with Crippen molar-refractivity contribution in [2.75, 3.05) is 0 Å². The van der Waals surface area contributed by atoms with Crippen molar-refractivity contribution >= 4 is 10.1 Å². The molecule has 0 aromatic heterocycles. The fraction of sp³-hybridized carbons (Fsp3) is 0.333. The Morgan fingerprint density at radius 3 is 2.29 bits per heavy atom. The second-order valence-corrected chi connectivity index (χ2v) is 4.64. The van der Waals surface area contributed by atoms with Crippen molar-refractivity contribution in [1.82, 2.24) is 0 Å². The molecule has 0 spiro atoms. The van der Waals surface area contributed by atoms with Crippen molar-refractivity contribution in [2.45, 2.75) is 11.0 Å². The van der Waals surface area contributed by atoms with Crippen molar-refractivity contribution in [3.63, 3.8) is 0 Å². The number of rotatable bonds is 3. The van der Waals surface area contributed by atoms with Crippen LogP contribution < -0.4 is 0 Å². The van der Waals surface area contributed by atoms with Crippen molar-refractivity contribution in [3.8, 4) is 0 Å². The van der Waals surface area contributed by atoms with E-state index in [1.54, 1.807) is 0 Å². The topological polar surface area (TPSA) is 141 Å². The first-order valence-electron chi connectivity index (χ1n) is 3.94. The fourth-order valence-electron chi connectivity index (χ4n) is 1.24. The third kappa shape index (κ3) is 2.29. The largest absolute Gasteiger partial charge is 0.407 e. The van der Waals surface area contributed by atoms with Gasteiger partial charge < -0.3 is 0 Å². The van der Waals surface area contributed by atoms with Gasteiger partial charge in [-0.1, -0.05) is 0 Å². The van der Waals surface area contributed by atoms with Crippen molar-refractivity contribution in [1.29, 1.82) is 0 Å². The van der Waals surface area contributed by atoms with E-state index in [-0.39, 0.29) is 6.08 Å². The smallest absolute Gasteiger partial charge is 0.285 e. The Bertz CT molecular complexity index is 539. The second-order valence-electron chi connectivity index (χ2n) is 3.11. The summed E-state index contributed by atoms with van der Waals surface area (Å²) in [5, 5.41) is 18.2.